The summed E-state index contributed by atoms with van der Waals surface area (Å²) in [5, 5.41) is 21.2. The van der Waals surface area contributed by atoms with E-state index in [0.717, 1.165) is 12.0 Å². The minimum atomic E-state index is -0.775. The largest absolute Gasteiger partial charge is 0.389 e. The highest BCUT2D eigenvalue weighted by Crippen LogP contribution is 2.69. The zero-order valence-electron chi connectivity index (χ0n) is 11.3. The van der Waals surface area contributed by atoms with Gasteiger partial charge in [-0.15, -0.1) is 0 Å². The van der Waals surface area contributed by atoms with E-state index in [1.807, 2.05) is 13.0 Å². The Labute approximate surface area is 104 Å². The maximum atomic E-state index is 11.1. The van der Waals surface area contributed by atoms with Crippen molar-refractivity contribution in [1.29, 1.82) is 0 Å². The van der Waals surface area contributed by atoms with Gasteiger partial charge in [0.15, 0.2) is 0 Å². The molecule has 3 aliphatic rings. The zero-order valence-corrected chi connectivity index (χ0v) is 11.3. The summed E-state index contributed by atoms with van der Waals surface area (Å²) in [6.45, 7) is 8.76. The second-order valence-corrected chi connectivity index (χ2v) is 7.65. The molecule has 3 rings (SSSR count). The minimum Gasteiger partial charge on any atom is -0.389 e. The van der Waals surface area contributed by atoms with Gasteiger partial charge >= 0.3 is 0 Å². The van der Waals surface area contributed by atoms with Crippen LogP contribution in [0, 0.1) is 22.7 Å². The van der Waals surface area contributed by atoms with Crippen LogP contribution >= 0.6 is 0 Å². The Balaban J connectivity index is 2.09. The molecule has 0 saturated heterocycles. The predicted octanol–water partition coefficient (Wildman–Crippen LogP) is 2.50. The van der Waals surface area contributed by atoms with Crippen molar-refractivity contribution in [2.45, 2.75) is 58.7 Å². The average Bonchev–Trinajstić information content (AvgIpc) is 2.75. The topological polar surface area (TPSA) is 40.5 Å². The van der Waals surface area contributed by atoms with Crippen molar-refractivity contribution < 1.29 is 10.2 Å². The molecule has 96 valence electrons. The summed E-state index contributed by atoms with van der Waals surface area (Å²) in [6.07, 6.45) is 4.65. The Kier molecular flexibility index (Phi) is 2.05. The van der Waals surface area contributed by atoms with Crippen molar-refractivity contribution in [3.63, 3.8) is 0 Å². The quantitative estimate of drug-likeness (QED) is 0.634. The Morgan fingerprint density at radius 3 is 2.53 bits per heavy atom. The van der Waals surface area contributed by atoms with Crippen LogP contribution in [0.15, 0.2) is 11.6 Å². The highest BCUT2D eigenvalue weighted by Gasteiger charge is 2.65. The molecular weight excluding hydrogens is 212 g/mol. The van der Waals surface area contributed by atoms with Crippen LogP contribution in [-0.2, 0) is 0 Å². The average molecular weight is 236 g/mol. The Morgan fingerprint density at radius 2 is 1.88 bits per heavy atom. The van der Waals surface area contributed by atoms with Gasteiger partial charge in [0.1, 0.15) is 0 Å². The van der Waals surface area contributed by atoms with Gasteiger partial charge < -0.3 is 10.2 Å². The normalized spacial score (nSPS) is 55.6. The van der Waals surface area contributed by atoms with Crippen LogP contribution in [0.2, 0.25) is 0 Å². The van der Waals surface area contributed by atoms with E-state index < -0.39 is 11.7 Å². The van der Waals surface area contributed by atoms with Crippen LogP contribution in [0.1, 0.15) is 47.0 Å². The molecule has 0 spiro atoms. The number of aliphatic hydroxyl groups excluding tert-OH is 1. The Hall–Kier alpha value is -0.340. The molecule has 0 heterocycles. The van der Waals surface area contributed by atoms with Gasteiger partial charge in [-0.05, 0) is 41.6 Å². The van der Waals surface area contributed by atoms with Crippen molar-refractivity contribution in [3.8, 4) is 0 Å². The number of rotatable bonds is 0. The summed E-state index contributed by atoms with van der Waals surface area (Å²) in [5.74, 6) is 0.642. The van der Waals surface area contributed by atoms with E-state index in [1.165, 1.54) is 12.8 Å². The lowest BCUT2D eigenvalue weighted by atomic mass is 9.72. The van der Waals surface area contributed by atoms with E-state index in [-0.39, 0.29) is 16.7 Å². The first-order valence-corrected chi connectivity index (χ1v) is 6.82. The summed E-state index contributed by atoms with van der Waals surface area (Å²) < 4.78 is 0. The van der Waals surface area contributed by atoms with E-state index in [1.54, 1.807) is 0 Å². The molecule has 2 N–H and O–H groups in total. The third kappa shape index (κ3) is 1.40. The zero-order chi connectivity index (χ0) is 12.6. The highest BCUT2D eigenvalue weighted by molar-refractivity contribution is 5.40. The van der Waals surface area contributed by atoms with Gasteiger partial charge in [0.25, 0.3) is 0 Å². The fourth-order valence-corrected chi connectivity index (χ4v) is 4.48. The summed E-state index contributed by atoms with van der Waals surface area (Å²) >= 11 is 0. The molecule has 2 fully saturated rings. The molecule has 0 bridgehead atoms. The minimum absolute atomic E-state index is 0.0621. The molecule has 2 heteroatoms. The van der Waals surface area contributed by atoms with Crippen LogP contribution in [0.4, 0.5) is 0 Å². The lowest BCUT2D eigenvalue weighted by Gasteiger charge is -2.38. The molecule has 0 amide bonds. The van der Waals surface area contributed by atoms with Crippen molar-refractivity contribution in [1.82, 2.24) is 0 Å². The SMILES string of the molecule is C[C@H]1[C@H](O)C=C2[C@]3(C)C[C@@H]3CC(C)(C)C[C@]21O. The second-order valence-electron chi connectivity index (χ2n) is 7.65. The van der Waals surface area contributed by atoms with Gasteiger partial charge in [0, 0.05) is 5.92 Å². The lowest BCUT2D eigenvalue weighted by molar-refractivity contribution is -0.0363. The molecule has 2 nitrogen and oxygen atoms in total. The first kappa shape index (κ1) is 11.7. The van der Waals surface area contributed by atoms with Gasteiger partial charge in [-0.25, -0.2) is 0 Å². The van der Waals surface area contributed by atoms with Gasteiger partial charge in [0.2, 0.25) is 0 Å². The van der Waals surface area contributed by atoms with E-state index in [0.29, 0.717) is 5.92 Å². The molecule has 0 aliphatic heterocycles. The Morgan fingerprint density at radius 1 is 1.24 bits per heavy atom. The van der Waals surface area contributed by atoms with Crippen molar-refractivity contribution in [2.24, 2.45) is 22.7 Å². The standard InChI is InChI=1S/C15H24O2/c1-9-11(16)5-12-14(4)7-10(14)6-13(2,3)8-15(9,12)17/h5,9-11,16-17H,6-8H2,1-4H3/t9-,10-,11+,14+,15+/m0/s1. The van der Waals surface area contributed by atoms with E-state index >= 15 is 0 Å². The fraction of sp³-hybridized carbons (Fsp3) is 0.867. The number of aliphatic hydroxyl groups is 2. The Bertz CT molecular complexity index is 398. The summed E-state index contributed by atoms with van der Waals surface area (Å²) in [4.78, 5) is 0. The molecule has 5 atom stereocenters. The molecular formula is C15H24O2. The molecule has 0 radical (unpaired) electrons. The summed E-state index contributed by atoms with van der Waals surface area (Å²) in [5.41, 5.74) is 0.697. The molecule has 3 aliphatic carbocycles. The summed E-state index contributed by atoms with van der Waals surface area (Å²) in [7, 11) is 0. The first-order chi connectivity index (χ1) is 7.69. The molecule has 0 aromatic carbocycles. The van der Waals surface area contributed by atoms with E-state index in [9.17, 15) is 10.2 Å². The smallest absolute Gasteiger partial charge is 0.0921 e. The molecule has 0 unspecified atom stereocenters. The van der Waals surface area contributed by atoms with Crippen molar-refractivity contribution >= 4 is 0 Å². The van der Waals surface area contributed by atoms with Crippen molar-refractivity contribution in [2.75, 3.05) is 0 Å². The van der Waals surface area contributed by atoms with Crippen LogP contribution in [0.5, 0.6) is 0 Å². The maximum absolute atomic E-state index is 11.1. The first-order valence-electron chi connectivity index (χ1n) is 6.82. The van der Waals surface area contributed by atoms with Gasteiger partial charge in [-0.3, -0.25) is 0 Å². The van der Waals surface area contributed by atoms with Gasteiger partial charge in [-0.1, -0.05) is 33.8 Å². The highest BCUT2D eigenvalue weighted by atomic mass is 16.3. The fourth-order valence-electron chi connectivity index (χ4n) is 4.48. The number of hydrogen-bond acceptors (Lipinski definition) is 2. The second kappa shape index (κ2) is 2.97. The molecule has 0 aromatic rings. The van der Waals surface area contributed by atoms with E-state index in [4.69, 9.17) is 0 Å². The third-order valence-corrected chi connectivity index (χ3v) is 5.64. The van der Waals surface area contributed by atoms with Gasteiger partial charge in [0.05, 0.1) is 11.7 Å². The lowest BCUT2D eigenvalue weighted by Crippen LogP contribution is -2.42. The molecule has 0 aromatic heterocycles. The van der Waals surface area contributed by atoms with Crippen LogP contribution in [0.25, 0.3) is 0 Å². The monoisotopic (exact) mass is 236 g/mol. The van der Waals surface area contributed by atoms with Gasteiger partial charge in [-0.2, -0.15) is 0 Å². The van der Waals surface area contributed by atoms with Crippen molar-refractivity contribution in [3.05, 3.63) is 11.6 Å². The van der Waals surface area contributed by atoms with Crippen LogP contribution in [0.3, 0.4) is 0 Å². The van der Waals surface area contributed by atoms with Crippen LogP contribution < -0.4 is 0 Å². The number of hydrogen-bond donors (Lipinski definition) is 2. The molecule has 2 saturated carbocycles. The van der Waals surface area contributed by atoms with E-state index in [2.05, 4.69) is 20.8 Å². The molecule has 17 heavy (non-hydrogen) atoms. The maximum Gasteiger partial charge on any atom is 0.0921 e. The number of fused-ring (bicyclic) bond motifs is 3. The van der Waals surface area contributed by atoms with Crippen LogP contribution in [-0.4, -0.2) is 21.9 Å². The summed E-state index contributed by atoms with van der Waals surface area (Å²) in [6, 6.07) is 0. The third-order valence-electron chi connectivity index (χ3n) is 5.64. The predicted molar refractivity (Wildman–Crippen MR) is 67.4 cm³/mol.